The topological polar surface area (TPSA) is 136 Å². The molecule has 0 aromatic carbocycles. The molecule has 3 unspecified atom stereocenters. The summed E-state index contributed by atoms with van der Waals surface area (Å²) < 4.78 is 65.2. The summed E-state index contributed by atoms with van der Waals surface area (Å²) in [5.41, 5.74) is 0. The van der Waals surface area contributed by atoms with Crippen LogP contribution in [-0.2, 0) is 33.2 Å². The van der Waals surface area contributed by atoms with E-state index >= 15 is 8.78 Å². The van der Waals surface area contributed by atoms with Crippen molar-refractivity contribution in [3.05, 3.63) is 10.1 Å². The number of hydrogen-bond acceptors (Lipinski definition) is 10. The van der Waals surface area contributed by atoms with Crippen molar-refractivity contribution < 1.29 is 52.0 Å². The van der Waals surface area contributed by atoms with Crippen LogP contribution in [0.5, 0.6) is 0 Å². The quantitative estimate of drug-likeness (QED) is 0.103. The standard InChI is InChI=1S/C25H45F2NO10/c1-6-10-13-34-16-17-19(36-14-11-7-2)20(37-15-12-8-3)21(33-5)23(38-17)25(26,27)22(29)18(28(31)32)24(30)35-9-4/h17-23,29H,6-16H2,1-5H3/t17-,18?,19+,20+,21-,22?,23?/m1/s1. The Morgan fingerprint density at radius 3 is 2.05 bits per heavy atom. The molecule has 0 amide bonds. The van der Waals surface area contributed by atoms with Crippen molar-refractivity contribution >= 4 is 5.97 Å². The Balaban J connectivity index is 3.42. The van der Waals surface area contributed by atoms with E-state index in [9.17, 15) is 20.0 Å². The summed E-state index contributed by atoms with van der Waals surface area (Å²) in [6.45, 7) is 7.77. The van der Waals surface area contributed by atoms with Crippen LogP contribution in [0.2, 0.25) is 0 Å². The Morgan fingerprint density at radius 2 is 1.55 bits per heavy atom. The number of halogens is 2. The van der Waals surface area contributed by atoms with Gasteiger partial charge in [0.15, 0.2) is 12.2 Å². The fraction of sp³-hybridized carbons (Fsp3) is 0.960. The van der Waals surface area contributed by atoms with Crippen molar-refractivity contribution in [2.24, 2.45) is 0 Å². The maximum atomic E-state index is 15.9. The minimum Gasteiger partial charge on any atom is -0.461 e. The molecule has 1 saturated heterocycles. The number of nitrogens with zero attached hydrogens (tertiary/aromatic N) is 1. The van der Waals surface area contributed by atoms with Gasteiger partial charge in [-0.1, -0.05) is 40.0 Å². The number of aliphatic hydroxyl groups excluding tert-OH is 1. The van der Waals surface area contributed by atoms with Crippen molar-refractivity contribution in [3.8, 4) is 0 Å². The first kappa shape index (κ1) is 34.5. The van der Waals surface area contributed by atoms with Crippen LogP contribution >= 0.6 is 0 Å². The van der Waals surface area contributed by atoms with Crippen LogP contribution < -0.4 is 0 Å². The molecule has 0 radical (unpaired) electrons. The lowest BCUT2D eigenvalue weighted by Crippen LogP contribution is -2.68. The highest BCUT2D eigenvalue weighted by Gasteiger charge is 2.64. The molecule has 0 spiro atoms. The van der Waals surface area contributed by atoms with Crippen molar-refractivity contribution in [1.29, 1.82) is 0 Å². The monoisotopic (exact) mass is 557 g/mol. The first-order chi connectivity index (χ1) is 18.1. The zero-order valence-electron chi connectivity index (χ0n) is 23.1. The Bertz CT molecular complexity index is 687. The van der Waals surface area contributed by atoms with Crippen LogP contribution in [0.3, 0.4) is 0 Å². The number of ether oxygens (including phenoxy) is 6. The number of esters is 1. The summed E-state index contributed by atoms with van der Waals surface area (Å²) in [4.78, 5) is 22.3. The Kier molecular flexibility index (Phi) is 16.3. The summed E-state index contributed by atoms with van der Waals surface area (Å²) in [6.07, 6.45) is -5.13. The zero-order valence-corrected chi connectivity index (χ0v) is 23.1. The summed E-state index contributed by atoms with van der Waals surface area (Å²) in [5.74, 6) is -5.89. The Hall–Kier alpha value is -1.51. The van der Waals surface area contributed by atoms with E-state index < -0.39 is 59.5 Å². The molecule has 7 atom stereocenters. The molecular formula is C25H45F2NO10. The van der Waals surface area contributed by atoms with E-state index in [-0.39, 0.29) is 19.8 Å². The lowest BCUT2D eigenvalue weighted by Gasteiger charge is -2.48. The van der Waals surface area contributed by atoms with Crippen LogP contribution in [0, 0.1) is 10.1 Å². The number of carbonyl (C=O) groups is 1. The number of methoxy groups -OCH3 is 1. The van der Waals surface area contributed by atoms with Crippen molar-refractivity contribution in [1.82, 2.24) is 0 Å². The fourth-order valence-corrected chi connectivity index (χ4v) is 4.12. The van der Waals surface area contributed by atoms with Gasteiger partial charge in [0, 0.05) is 31.9 Å². The zero-order chi connectivity index (χ0) is 28.7. The van der Waals surface area contributed by atoms with Gasteiger partial charge in [-0.05, 0) is 26.2 Å². The number of nitro groups is 1. The molecule has 38 heavy (non-hydrogen) atoms. The number of alkyl halides is 2. The molecule has 11 nitrogen and oxygen atoms in total. The van der Waals surface area contributed by atoms with E-state index in [2.05, 4.69) is 4.74 Å². The van der Waals surface area contributed by atoms with Crippen LogP contribution in [-0.4, -0.2) is 105 Å². The highest BCUT2D eigenvalue weighted by atomic mass is 19.3. The molecule has 13 heteroatoms. The van der Waals surface area contributed by atoms with Gasteiger partial charge in [-0.15, -0.1) is 0 Å². The molecule has 0 aromatic heterocycles. The summed E-state index contributed by atoms with van der Waals surface area (Å²) >= 11 is 0. The van der Waals surface area contributed by atoms with E-state index in [1.54, 1.807) is 0 Å². The predicted molar refractivity (Wildman–Crippen MR) is 133 cm³/mol. The van der Waals surface area contributed by atoms with Gasteiger partial charge in [0.1, 0.15) is 24.4 Å². The SMILES string of the molecule is CCCCOC[C@H]1OC(C(F)(F)C(O)C(C(=O)OCC)[N+](=O)[O-])[C@H](OC)[C@@H](OCCCC)[C@H]1OCCCC. The second-order valence-electron chi connectivity index (χ2n) is 9.20. The van der Waals surface area contributed by atoms with Crippen LogP contribution in [0.15, 0.2) is 0 Å². The van der Waals surface area contributed by atoms with Gasteiger partial charge < -0.3 is 33.5 Å². The van der Waals surface area contributed by atoms with Crippen molar-refractivity contribution in [2.45, 2.75) is 115 Å². The van der Waals surface area contributed by atoms with Crippen LogP contribution in [0.25, 0.3) is 0 Å². The third kappa shape index (κ3) is 9.60. The molecule has 1 aliphatic heterocycles. The largest absolute Gasteiger partial charge is 0.461 e. The highest BCUT2D eigenvalue weighted by Crippen LogP contribution is 2.39. The first-order valence-corrected chi connectivity index (χ1v) is 13.5. The first-order valence-electron chi connectivity index (χ1n) is 13.5. The molecular weight excluding hydrogens is 512 g/mol. The molecule has 1 N–H and O–H groups in total. The molecule has 1 aliphatic rings. The van der Waals surface area contributed by atoms with Gasteiger partial charge in [0.25, 0.3) is 0 Å². The maximum Gasteiger partial charge on any atom is 0.384 e. The van der Waals surface area contributed by atoms with Crippen molar-refractivity contribution in [3.63, 3.8) is 0 Å². The number of rotatable bonds is 20. The van der Waals surface area contributed by atoms with E-state index in [0.29, 0.717) is 26.1 Å². The molecule has 0 bridgehead atoms. The third-order valence-corrected chi connectivity index (χ3v) is 6.27. The van der Waals surface area contributed by atoms with Crippen molar-refractivity contribution in [2.75, 3.05) is 40.1 Å². The molecule has 1 fully saturated rings. The van der Waals surface area contributed by atoms with E-state index in [1.807, 2.05) is 20.8 Å². The average molecular weight is 558 g/mol. The number of aliphatic hydroxyl groups is 1. The summed E-state index contributed by atoms with van der Waals surface area (Å²) in [6, 6.07) is -2.73. The Morgan fingerprint density at radius 1 is 1.00 bits per heavy atom. The molecule has 0 saturated carbocycles. The van der Waals surface area contributed by atoms with Gasteiger partial charge in [0.05, 0.1) is 13.2 Å². The molecule has 0 aliphatic carbocycles. The normalized spacial score (nSPS) is 25.6. The third-order valence-electron chi connectivity index (χ3n) is 6.27. The van der Waals surface area contributed by atoms with Gasteiger partial charge in [0.2, 0.25) is 0 Å². The lowest BCUT2D eigenvalue weighted by molar-refractivity contribution is -0.530. The average Bonchev–Trinajstić information content (AvgIpc) is 2.87. The fourth-order valence-electron chi connectivity index (χ4n) is 4.12. The van der Waals surface area contributed by atoms with Crippen LogP contribution in [0.1, 0.15) is 66.2 Å². The maximum absolute atomic E-state index is 15.9. The minimum absolute atomic E-state index is 0.111. The summed E-state index contributed by atoms with van der Waals surface area (Å²) in [5, 5.41) is 22.0. The van der Waals surface area contributed by atoms with E-state index in [4.69, 9.17) is 23.7 Å². The second kappa shape index (κ2) is 18.0. The number of hydrogen-bond donors (Lipinski definition) is 1. The predicted octanol–water partition coefficient (Wildman–Crippen LogP) is 3.16. The van der Waals surface area contributed by atoms with Gasteiger partial charge in [-0.3, -0.25) is 10.1 Å². The molecule has 0 aromatic rings. The van der Waals surface area contributed by atoms with Gasteiger partial charge >= 0.3 is 17.9 Å². The summed E-state index contributed by atoms with van der Waals surface area (Å²) in [7, 11) is 1.18. The van der Waals surface area contributed by atoms with E-state index in [0.717, 1.165) is 25.7 Å². The van der Waals surface area contributed by atoms with Gasteiger partial charge in [-0.2, -0.15) is 0 Å². The minimum atomic E-state index is -4.31. The highest BCUT2D eigenvalue weighted by molar-refractivity contribution is 5.75. The Labute approximate surface area is 223 Å². The number of unbranched alkanes of at least 4 members (excludes halogenated alkanes) is 3. The smallest absolute Gasteiger partial charge is 0.384 e. The number of carbonyl (C=O) groups excluding carboxylic acids is 1. The lowest BCUT2D eigenvalue weighted by atomic mass is 9.87. The van der Waals surface area contributed by atoms with Crippen LogP contribution in [0.4, 0.5) is 8.78 Å². The molecule has 224 valence electrons. The molecule has 1 heterocycles. The van der Waals surface area contributed by atoms with E-state index in [1.165, 1.54) is 14.0 Å². The molecule has 1 rings (SSSR count). The van der Waals surface area contributed by atoms with Gasteiger partial charge in [-0.25, -0.2) is 13.6 Å². The second-order valence-corrected chi connectivity index (χ2v) is 9.20.